The summed E-state index contributed by atoms with van der Waals surface area (Å²) >= 11 is 0. The van der Waals surface area contributed by atoms with E-state index in [1.165, 1.54) is 0 Å². The summed E-state index contributed by atoms with van der Waals surface area (Å²) < 4.78 is 51.6. The lowest BCUT2D eigenvalue weighted by atomic mass is 10.1. The number of hydrogen-bond donors (Lipinski definition) is 2. The Kier molecular flexibility index (Phi) is 4.97. The van der Waals surface area contributed by atoms with E-state index in [4.69, 9.17) is 0 Å². The number of amides is 1. The maximum absolute atomic E-state index is 13.8. The van der Waals surface area contributed by atoms with Gasteiger partial charge in [0.05, 0.1) is 11.1 Å². The van der Waals surface area contributed by atoms with Gasteiger partial charge in [-0.05, 0) is 25.5 Å². The number of nitrogens with zero attached hydrogens (tertiary/aromatic N) is 2. The molecule has 0 spiro atoms. The van der Waals surface area contributed by atoms with Crippen LogP contribution < -0.4 is 5.32 Å². The predicted molar refractivity (Wildman–Crippen MR) is 73.2 cm³/mol. The Labute approximate surface area is 129 Å². The van der Waals surface area contributed by atoms with E-state index in [-0.39, 0.29) is 6.54 Å². The summed E-state index contributed by atoms with van der Waals surface area (Å²) in [5, 5.41) is 8.96. The number of rotatable bonds is 5. The van der Waals surface area contributed by atoms with Gasteiger partial charge in [0.25, 0.3) is 5.91 Å². The molecule has 0 bridgehead atoms. The van der Waals surface area contributed by atoms with Gasteiger partial charge in [0, 0.05) is 13.0 Å². The van der Waals surface area contributed by atoms with Crippen LogP contribution in [0.3, 0.4) is 0 Å². The number of carbonyl (C=O) groups is 1. The Bertz CT molecular complexity index is 696. The Morgan fingerprint density at radius 2 is 2.09 bits per heavy atom. The van der Waals surface area contributed by atoms with Crippen molar-refractivity contribution in [1.29, 1.82) is 0 Å². The molecule has 0 atom stereocenters. The van der Waals surface area contributed by atoms with Gasteiger partial charge in [-0.2, -0.15) is 18.3 Å². The molecule has 0 unspecified atom stereocenters. The number of aryl methyl sites for hydroxylation is 2. The third-order valence-electron chi connectivity index (χ3n) is 3.05. The molecule has 0 radical (unpaired) electrons. The van der Waals surface area contributed by atoms with Crippen molar-refractivity contribution in [2.24, 2.45) is 0 Å². The van der Waals surface area contributed by atoms with Crippen molar-refractivity contribution < 1.29 is 22.4 Å². The fourth-order valence-corrected chi connectivity index (χ4v) is 1.97. The smallest absolute Gasteiger partial charge is 0.352 e. The number of carbonyl (C=O) groups excluding carboxylic acids is 1. The summed E-state index contributed by atoms with van der Waals surface area (Å²) in [5.41, 5.74) is -2.09. The first kappa shape index (κ1) is 16.9. The summed E-state index contributed by atoms with van der Waals surface area (Å²) in [6.45, 7) is 1.91. The molecule has 0 saturated carbocycles. The van der Waals surface area contributed by atoms with Crippen molar-refractivity contribution in [1.82, 2.24) is 20.5 Å². The van der Waals surface area contributed by atoms with E-state index in [1.54, 1.807) is 6.92 Å². The van der Waals surface area contributed by atoms with Gasteiger partial charge >= 0.3 is 6.18 Å². The summed E-state index contributed by atoms with van der Waals surface area (Å²) in [4.78, 5) is 15.9. The van der Waals surface area contributed by atoms with Crippen molar-refractivity contribution in [3.05, 3.63) is 46.8 Å². The van der Waals surface area contributed by atoms with Crippen molar-refractivity contribution in [3.8, 4) is 0 Å². The predicted octanol–water partition coefficient (Wildman–Crippen LogP) is 2.63. The van der Waals surface area contributed by atoms with Crippen LogP contribution in [-0.4, -0.2) is 27.6 Å². The summed E-state index contributed by atoms with van der Waals surface area (Å²) in [5.74, 6) is -1.22. The van der Waals surface area contributed by atoms with Crippen molar-refractivity contribution >= 4 is 5.91 Å². The molecule has 2 rings (SSSR count). The molecule has 1 aromatic heterocycles. The van der Waals surface area contributed by atoms with Gasteiger partial charge in [0.15, 0.2) is 5.82 Å². The maximum Gasteiger partial charge on any atom is 0.419 e. The van der Waals surface area contributed by atoms with E-state index in [2.05, 4.69) is 20.5 Å². The fraction of sp³-hybridized carbons (Fsp3) is 0.357. The quantitative estimate of drug-likeness (QED) is 0.654. The van der Waals surface area contributed by atoms with Crippen LogP contribution >= 0.6 is 0 Å². The van der Waals surface area contributed by atoms with Crippen LogP contribution in [0.25, 0.3) is 0 Å². The van der Waals surface area contributed by atoms with Crippen molar-refractivity contribution in [2.75, 3.05) is 6.54 Å². The number of nitrogens with one attached hydrogen (secondary N) is 2. The first-order valence-corrected chi connectivity index (χ1v) is 6.81. The molecule has 9 heteroatoms. The zero-order valence-corrected chi connectivity index (χ0v) is 12.2. The van der Waals surface area contributed by atoms with Crippen LogP contribution in [0, 0.1) is 12.7 Å². The van der Waals surface area contributed by atoms with Gasteiger partial charge in [-0.1, -0.05) is 6.07 Å². The van der Waals surface area contributed by atoms with E-state index in [0.717, 1.165) is 12.1 Å². The monoisotopic (exact) mass is 330 g/mol. The van der Waals surface area contributed by atoms with E-state index in [1.807, 2.05) is 0 Å². The molecule has 1 heterocycles. The van der Waals surface area contributed by atoms with Crippen molar-refractivity contribution in [2.45, 2.75) is 25.9 Å². The lowest BCUT2D eigenvalue weighted by Gasteiger charge is -2.11. The molecule has 23 heavy (non-hydrogen) atoms. The number of H-pyrrole nitrogens is 1. The van der Waals surface area contributed by atoms with E-state index >= 15 is 0 Å². The molecule has 5 nitrogen and oxygen atoms in total. The lowest BCUT2D eigenvalue weighted by molar-refractivity contribution is -0.140. The molecule has 124 valence electrons. The highest BCUT2D eigenvalue weighted by molar-refractivity contribution is 5.94. The Hall–Kier alpha value is -2.45. The van der Waals surface area contributed by atoms with Crippen LogP contribution in [0.1, 0.15) is 34.0 Å². The molecule has 0 fully saturated rings. The second-order valence-corrected chi connectivity index (χ2v) is 4.86. The average Bonchev–Trinajstić information content (AvgIpc) is 2.88. The van der Waals surface area contributed by atoms with Crippen LogP contribution in [0.2, 0.25) is 0 Å². The van der Waals surface area contributed by atoms with Gasteiger partial charge in [-0.25, -0.2) is 9.37 Å². The largest absolute Gasteiger partial charge is 0.419 e. The molecule has 1 amide bonds. The highest BCUT2D eigenvalue weighted by Crippen LogP contribution is 2.32. The van der Waals surface area contributed by atoms with E-state index in [9.17, 15) is 22.4 Å². The summed E-state index contributed by atoms with van der Waals surface area (Å²) in [6, 6.07) is 2.60. The number of halogens is 4. The normalized spacial score (nSPS) is 11.5. The standard InChI is InChI=1S/C14H14F4N4O/c1-8-20-11(22-21-8)6-3-7-19-13(23)9-4-2-5-10(12(9)15)14(16,17)18/h2,4-5H,3,6-7H2,1H3,(H,19,23)(H,20,21,22). The summed E-state index contributed by atoms with van der Waals surface area (Å²) in [6.07, 6.45) is -3.89. The highest BCUT2D eigenvalue weighted by atomic mass is 19.4. The Morgan fingerprint density at radius 1 is 1.35 bits per heavy atom. The molecule has 2 N–H and O–H groups in total. The van der Waals surface area contributed by atoms with Crippen LogP contribution in [0.15, 0.2) is 18.2 Å². The van der Waals surface area contributed by atoms with Gasteiger partial charge in [0.2, 0.25) is 0 Å². The number of aromatic nitrogens is 3. The first-order chi connectivity index (χ1) is 10.8. The minimum absolute atomic E-state index is 0.169. The first-order valence-electron chi connectivity index (χ1n) is 6.81. The van der Waals surface area contributed by atoms with Crippen LogP contribution in [0.5, 0.6) is 0 Å². The molecule has 0 saturated heterocycles. The minimum atomic E-state index is -4.84. The number of alkyl halides is 3. The zero-order valence-electron chi connectivity index (χ0n) is 12.2. The molecule has 1 aromatic carbocycles. The number of aromatic amines is 1. The second-order valence-electron chi connectivity index (χ2n) is 4.86. The molecule has 2 aromatic rings. The third-order valence-corrected chi connectivity index (χ3v) is 3.05. The molecule has 0 aliphatic heterocycles. The maximum atomic E-state index is 13.8. The zero-order chi connectivity index (χ0) is 17.0. The van der Waals surface area contributed by atoms with E-state index in [0.29, 0.717) is 30.6 Å². The van der Waals surface area contributed by atoms with Gasteiger partial charge in [-0.15, -0.1) is 0 Å². The molecule has 0 aliphatic carbocycles. The topological polar surface area (TPSA) is 70.7 Å². The van der Waals surface area contributed by atoms with Gasteiger partial charge in [0.1, 0.15) is 11.6 Å². The summed E-state index contributed by atoms with van der Waals surface area (Å²) in [7, 11) is 0. The Morgan fingerprint density at radius 3 is 2.70 bits per heavy atom. The van der Waals surface area contributed by atoms with Gasteiger partial charge in [-0.3, -0.25) is 9.89 Å². The SMILES string of the molecule is Cc1nc(CCCNC(=O)c2cccc(C(F)(F)F)c2F)n[nH]1. The minimum Gasteiger partial charge on any atom is -0.352 e. The second kappa shape index (κ2) is 6.76. The van der Waals surface area contributed by atoms with E-state index < -0.39 is 29.0 Å². The van der Waals surface area contributed by atoms with Crippen LogP contribution in [0.4, 0.5) is 17.6 Å². The molecular formula is C14H14F4N4O. The third kappa shape index (κ3) is 4.27. The molecule has 0 aliphatic rings. The lowest BCUT2D eigenvalue weighted by Crippen LogP contribution is -2.26. The van der Waals surface area contributed by atoms with Gasteiger partial charge < -0.3 is 5.32 Å². The average molecular weight is 330 g/mol. The van der Waals surface area contributed by atoms with Crippen LogP contribution in [-0.2, 0) is 12.6 Å². The highest BCUT2D eigenvalue weighted by Gasteiger charge is 2.35. The number of benzene rings is 1. The van der Waals surface area contributed by atoms with Crippen molar-refractivity contribution in [3.63, 3.8) is 0 Å². The fourth-order valence-electron chi connectivity index (χ4n) is 1.97. The molecular weight excluding hydrogens is 316 g/mol. The number of hydrogen-bond acceptors (Lipinski definition) is 3. The Balaban J connectivity index is 1.93.